The summed E-state index contributed by atoms with van der Waals surface area (Å²) in [5, 5.41) is 100. The van der Waals surface area contributed by atoms with Gasteiger partial charge in [0, 0.05) is 6.42 Å². The topological polar surface area (TPSA) is 276 Å². The van der Waals surface area contributed by atoms with Crippen LogP contribution in [0.4, 0.5) is 0 Å². The Kier molecular flexibility index (Phi) is 9.45. The second kappa shape index (κ2) is 11.3. The Morgan fingerprint density at radius 1 is 1.09 bits per heavy atom. The fraction of sp³-hybridized carbons (Fsp3) is 0.882. The highest BCUT2D eigenvalue weighted by molar-refractivity contribution is 5.78. The number of hydrogen-bond acceptors (Lipinski definition) is 14. The average molecular weight is 487 g/mol. The van der Waals surface area contributed by atoms with Crippen LogP contribution in [0.25, 0.3) is 0 Å². The first-order valence-corrected chi connectivity index (χ1v) is 9.87. The maximum Gasteiger partial charge on any atom is 0.364 e. The van der Waals surface area contributed by atoms with E-state index in [2.05, 4.69) is 5.32 Å². The summed E-state index contributed by atoms with van der Waals surface area (Å²) in [6.45, 7) is -2.93. The standard InChI is InChI=1S/C17H29NO15/c19-2-6(23)10(25)13-9(18-8(24)4-21)5(22)1-17(32-13,16(29)30)33-14-11(26)7(3-20)31-15(28)12(14)27/h5-7,9-15,19-23,25-28H,1-4H2,(H,18,24)(H,29,30)/t5-,6+,7+,9+,10+,11-,12+,13+,14-,15+,17-/m0/s1. The summed E-state index contributed by atoms with van der Waals surface area (Å²) in [5.74, 6) is -5.90. The van der Waals surface area contributed by atoms with Crippen molar-refractivity contribution in [2.24, 2.45) is 0 Å². The third-order valence-corrected chi connectivity index (χ3v) is 5.45. The summed E-state index contributed by atoms with van der Waals surface area (Å²) < 4.78 is 15.4. The normalized spacial score (nSPS) is 41.2. The maximum absolute atomic E-state index is 12.1. The van der Waals surface area contributed by atoms with Gasteiger partial charge in [-0.15, -0.1) is 0 Å². The molecule has 2 aliphatic heterocycles. The lowest BCUT2D eigenvalue weighted by Crippen LogP contribution is -2.70. The van der Waals surface area contributed by atoms with Crippen LogP contribution in [-0.4, -0.2) is 150 Å². The zero-order valence-electron chi connectivity index (χ0n) is 17.1. The molecule has 1 amide bonds. The molecule has 0 aromatic heterocycles. The molecule has 0 aromatic carbocycles. The predicted molar refractivity (Wildman–Crippen MR) is 98.8 cm³/mol. The molecule has 33 heavy (non-hydrogen) atoms. The van der Waals surface area contributed by atoms with Crippen molar-refractivity contribution in [3.05, 3.63) is 0 Å². The molecule has 0 radical (unpaired) electrons. The minimum absolute atomic E-state index is 0.854. The number of aliphatic hydroxyl groups excluding tert-OH is 9. The molecule has 11 atom stereocenters. The van der Waals surface area contributed by atoms with Gasteiger partial charge in [0.05, 0.1) is 25.4 Å². The van der Waals surface area contributed by atoms with Crippen molar-refractivity contribution >= 4 is 11.9 Å². The van der Waals surface area contributed by atoms with Crippen LogP contribution < -0.4 is 5.32 Å². The molecule has 2 fully saturated rings. The number of carboxylic acids is 1. The van der Waals surface area contributed by atoms with Gasteiger partial charge in [-0.3, -0.25) is 4.79 Å². The molecule has 0 saturated carbocycles. The second-order valence-electron chi connectivity index (χ2n) is 7.72. The van der Waals surface area contributed by atoms with E-state index < -0.39 is 105 Å². The fourth-order valence-electron chi connectivity index (χ4n) is 3.67. The smallest absolute Gasteiger partial charge is 0.364 e. The molecule has 0 aliphatic carbocycles. The first-order valence-electron chi connectivity index (χ1n) is 9.87. The van der Waals surface area contributed by atoms with Crippen molar-refractivity contribution in [3.63, 3.8) is 0 Å². The zero-order chi connectivity index (χ0) is 25.1. The van der Waals surface area contributed by atoms with E-state index in [-0.39, 0.29) is 0 Å². The largest absolute Gasteiger partial charge is 0.477 e. The van der Waals surface area contributed by atoms with Gasteiger partial charge in [0.25, 0.3) is 5.79 Å². The van der Waals surface area contributed by atoms with Gasteiger partial charge in [0.1, 0.15) is 49.3 Å². The van der Waals surface area contributed by atoms with Crippen LogP contribution in [0.3, 0.4) is 0 Å². The van der Waals surface area contributed by atoms with Crippen LogP contribution in [0.15, 0.2) is 0 Å². The van der Waals surface area contributed by atoms with Crippen molar-refractivity contribution in [1.82, 2.24) is 5.32 Å². The molecule has 0 spiro atoms. The number of carbonyl (C=O) groups excluding carboxylic acids is 1. The van der Waals surface area contributed by atoms with Crippen LogP contribution in [0, 0.1) is 0 Å². The lowest BCUT2D eigenvalue weighted by atomic mass is 9.88. The summed E-state index contributed by atoms with van der Waals surface area (Å²) in [4.78, 5) is 23.8. The molecule has 2 saturated heterocycles. The molecule has 0 unspecified atom stereocenters. The molecule has 192 valence electrons. The van der Waals surface area contributed by atoms with Gasteiger partial charge in [-0.05, 0) is 0 Å². The van der Waals surface area contributed by atoms with E-state index in [1.165, 1.54) is 0 Å². The zero-order valence-corrected chi connectivity index (χ0v) is 17.1. The van der Waals surface area contributed by atoms with E-state index >= 15 is 0 Å². The summed E-state index contributed by atoms with van der Waals surface area (Å²) in [6, 6.07) is -1.60. The van der Waals surface area contributed by atoms with Crippen LogP contribution in [0.2, 0.25) is 0 Å². The predicted octanol–water partition coefficient (Wildman–Crippen LogP) is -7.08. The van der Waals surface area contributed by atoms with Crippen molar-refractivity contribution in [2.75, 3.05) is 19.8 Å². The maximum atomic E-state index is 12.1. The summed E-state index contributed by atoms with van der Waals surface area (Å²) >= 11 is 0. The number of ether oxygens (including phenoxy) is 3. The lowest BCUT2D eigenvalue weighted by molar-refractivity contribution is -0.366. The van der Waals surface area contributed by atoms with Gasteiger partial charge >= 0.3 is 5.97 Å². The van der Waals surface area contributed by atoms with E-state index in [1.54, 1.807) is 0 Å². The van der Waals surface area contributed by atoms with E-state index in [4.69, 9.17) is 24.4 Å². The first kappa shape index (κ1) is 27.7. The number of hydrogen-bond donors (Lipinski definition) is 11. The average Bonchev–Trinajstić information content (AvgIpc) is 2.79. The third-order valence-electron chi connectivity index (χ3n) is 5.45. The van der Waals surface area contributed by atoms with E-state index in [0.29, 0.717) is 0 Å². The van der Waals surface area contributed by atoms with E-state index in [1.807, 2.05) is 0 Å². The van der Waals surface area contributed by atoms with Gasteiger partial charge in [0.2, 0.25) is 5.91 Å². The SMILES string of the molecule is O=C(CO)N[C@H]1[C@H]([C@H](O)[C@H](O)CO)O[C@@](O[C@@H]2[C@@H](O)[C@H](O)O[C@H](CO)[C@@H]2O)(C(=O)O)C[C@@H]1O. The monoisotopic (exact) mass is 487 g/mol. The highest BCUT2D eigenvalue weighted by Crippen LogP contribution is 2.37. The van der Waals surface area contributed by atoms with Crippen LogP contribution in [0.5, 0.6) is 0 Å². The molecule has 11 N–H and O–H groups in total. The third kappa shape index (κ3) is 5.76. The minimum Gasteiger partial charge on any atom is -0.477 e. The highest BCUT2D eigenvalue weighted by atomic mass is 16.7. The Morgan fingerprint density at radius 3 is 2.24 bits per heavy atom. The van der Waals surface area contributed by atoms with Gasteiger partial charge in [-0.25, -0.2) is 4.79 Å². The van der Waals surface area contributed by atoms with Gasteiger partial charge in [0.15, 0.2) is 6.29 Å². The van der Waals surface area contributed by atoms with E-state index in [9.17, 15) is 50.4 Å². The van der Waals surface area contributed by atoms with Gasteiger partial charge in [-0.2, -0.15) is 0 Å². The van der Waals surface area contributed by atoms with Crippen molar-refractivity contribution in [2.45, 2.75) is 73.4 Å². The molecule has 0 aromatic rings. The Bertz CT molecular complexity index is 681. The van der Waals surface area contributed by atoms with Crippen molar-refractivity contribution in [3.8, 4) is 0 Å². The number of rotatable bonds is 9. The lowest BCUT2D eigenvalue weighted by Gasteiger charge is -2.49. The van der Waals surface area contributed by atoms with Crippen LogP contribution in [0.1, 0.15) is 6.42 Å². The molecule has 16 heteroatoms. The number of aliphatic hydroxyl groups is 9. The number of aliphatic carboxylic acids is 1. The number of carbonyl (C=O) groups is 2. The molecule has 0 bridgehead atoms. The Hall–Kier alpha value is -1.54. The highest BCUT2D eigenvalue weighted by Gasteiger charge is 2.59. The van der Waals surface area contributed by atoms with Crippen molar-refractivity contribution < 1.29 is 74.9 Å². The Labute approximate surface area is 186 Å². The van der Waals surface area contributed by atoms with Crippen LogP contribution >= 0.6 is 0 Å². The first-order chi connectivity index (χ1) is 15.4. The fourth-order valence-corrected chi connectivity index (χ4v) is 3.67. The summed E-state index contributed by atoms with van der Waals surface area (Å²) in [7, 11) is 0. The summed E-state index contributed by atoms with van der Waals surface area (Å²) in [6.07, 6.45) is -18.2. The molecule has 2 rings (SSSR count). The molecule has 2 heterocycles. The number of carboxylic acid groups (broad SMARTS) is 1. The Balaban J connectivity index is 2.43. The van der Waals surface area contributed by atoms with Crippen molar-refractivity contribution in [1.29, 1.82) is 0 Å². The molecule has 16 nitrogen and oxygen atoms in total. The summed E-state index contributed by atoms with van der Waals surface area (Å²) in [5.41, 5.74) is 0. The number of amides is 1. The minimum atomic E-state index is -2.93. The van der Waals surface area contributed by atoms with E-state index in [0.717, 1.165) is 0 Å². The molecule has 2 aliphatic rings. The Morgan fingerprint density at radius 2 is 1.73 bits per heavy atom. The van der Waals surface area contributed by atoms with Crippen LogP contribution in [-0.2, 0) is 23.8 Å². The molecular weight excluding hydrogens is 458 g/mol. The quantitative estimate of drug-likeness (QED) is 0.144. The van der Waals surface area contributed by atoms with Gasteiger partial charge < -0.3 is 70.6 Å². The van der Waals surface area contributed by atoms with Gasteiger partial charge in [-0.1, -0.05) is 0 Å². The second-order valence-corrected chi connectivity index (χ2v) is 7.72. The molecular formula is C17H29NO15. The number of nitrogens with one attached hydrogen (secondary N) is 1.